The highest BCUT2D eigenvalue weighted by Crippen LogP contribution is 2.29. The normalized spacial score (nSPS) is 11.6. The van der Waals surface area contributed by atoms with Crippen molar-refractivity contribution in [1.82, 2.24) is 5.32 Å². The second-order valence-corrected chi connectivity index (χ2v) is 5.77. The number of fused-ring (bicyclic) bond motifs is 1. The first-order valence-corrected chi connectivity index (χ1v) is 6.98. The van der Waals surface area contributed by atoms with Crippen molar-refractivity contribution in [2.45, 2.75) is 39.2 Å². The van der Waals surface area contributed by atoms with E-state index in [1.165, 1.54) is 0 Å². The molecule has 0 aliphatic heterocycles. The highest BCUT2D eigenvalue weighted by atomic mass is 16.3. The number of phenols is 1. The summed E-state index contributed by atoms with van der Waals surface area (Å²) in [4.78, 5) is 12.3. The van der Waals surface area contributed by atoms with Crippen LogP contribution in [0.25, 0.3) is 10.8 Å². The van der Waals surface area contributed by atoms with Crippen molar-refractivity contribution in [2.24, 2.45) is 0 Å². The summed E-state index contributed by atoms with van der Waals surface area (Å²) in [6, 6.07) is 11.0. The highest BCUT2D eigenvalue weighted by molar-refractivity contribution is 6.03. The molecule has 0 bridgehead atoms. The van der Waals surface area contributed by atoms with Gasteiger partial charge in [-0.05, 0) is 31.7 Å². The molecular formula is C17H21NO2. The summed E-state index contributed by atoms with van der Waals surface area (Å²) in [5, 5.41) is 14.9. The van der Waals surface area contributed by atoms with Crippen LogP contribution in [-0.4, -0.2) is 16.6 Å². The lowest BCUT2D eigenvalue weighted by molar-refractivity contribution is 0.0906. The molecule has 3 heteroatoms. The third-order valence-electron chi connectivity index (χ3n) is 3.47. The molecule has 0 spiro atoms. The average molecular weight is 271 g/mol. The fourth-order valence-electron chi connectivity index (χ4n) is 2.50. The number of amides is 1. The maximum absolute atomic E-state index is 12.3. The lowest BCUT2D eigenvalue weighted by Gasteiger charge is -2.26. The minimum Gasteiger partial charge on any atom is -0.506 e. The Kier molecular flexibility index (Phi) is 3.98. The van der Waals surface area contributed by atoms with Gasteiger partial charge in [-0.15, -0.1) is 0 Å². The molecule has 2 N–H and O–H groups in total. The van der Waals surface area contributed by atoms with Crippen LogP contribution in [0.1, 0.15) is 44.0 Å². The number of benzene rings is 2. The minimum absolute atomic E-state index is 0.0490. The summed E-state index contributed by atoms with van der Waals surface area (Å²) in [5.74, 6) is -0.181. The van der Waals surface area contributed by atoms with Crippen molar-refractivity contribution in [1.29, 1.82) is 0 Å². The van der Waals surface area contributed by atoms with Crippen LogP contribution in [0.15, 0.2) is 36.4 Å². The molecule has 0 heterocycles. The molecule has 20 heavy (non-hydrogen) atoms. The molecule has 3 nitrogen and oxygen atoms in total. The van der Waals surface area contributed by atoms with Gasteiger partial charge in [-0.3, -0.25) is 4.79 Å². The van der Waals surface area contributed by atoms with Crippen molar-refractivity contribution < 1.29 is 9.90 Å². The summed E-state index contributed by atoms with van der Waals surface area (Å²) < 4.78 is 0. The summed E-state index contributed by atoms with van der Waals surface area (Å²) in [5.41, 5.74) is 0.0528. The SMILES string of the molecule is CCCC(C)(C)NC(=O)c1ccc2ccccc2c1O. The van der Waals surface area contributed by atoms with Gasteiger partial charge in [-0.2, -0.15) is 0 Å². The van der Waals surface area contributed by atoms with Crippen LogP contribution >= 0.6 is 0 Å². The van der Waals surface area contributed by atoms with Crippen molar-refractivity contribution in [3.63, 3.8) is 0 Å². The van der Waals surface area contributed by atoms with Gasteiger partial charge in [0.05, 0.1) is 5.56 Å². The molecule has 0 radical (unpaired) electrons. The minimum atomic E-state index is -0.274. The molecule has 0 saturated heterocycles. The molecular weight excluding hydrogens is 250 g/mol. The molecule has 0 saturated carbocycles. The fraction of sp³-hybridized carbons (Fsp3) is 0.353. The number of carbonyl (C=O) groups is 1. The van der Waals surface area contributed by atoms with Crippen LogP contribution in [0.4, 0.5) is 0 Å². The maximum atomic E-state index is 12.3. The Morgan fingerprint density at radius 2 is 1.90 bits per heavy atom. The van der Waals surface area contributed by atoms with Gasteiger partial charge in [0.15, 0.2) is 0 Å². The Morgan fingerprint density at radius 1 is 1.20 bits per heavy atom. The van der Waals surface area contributed by atoms with Crippen LogP contribution in [0.3, 0.4) is 0 Å². The molecule has 2 aromatic rings. The number of aromatic hydroxyl groups is 1. The van der Waals surface area contributed by atoms with Gasteiger partial charge in [0.2, 0.25) is 0 Å². The zero-order valence-electron chi connectivity index (χ0n) is 12.2. The second-order valence-electron chi connectivity index (χ2n) is 5.77. The molecule has 2 aromatic carbocycles. The first-order valence-electron chi connectivity index (χ1n) is 6.98. The average Bonchev–Trinajstić information content (AvgIpc) is 2.38. The molecule has 0 unspecified atom stereocenters. The van der Waals surface area contributed by atoms with E-state index in [0.29, 0.717) is 10.9 Å². The van der Waals surface area contributed by atoms with Crippen LogP contribution in [0.2, 0.25) is 0 Å². The summed E-state index contributed by atoms with van der Waals surface area (Å²) >= 11 is 0. The fourth-order valence-corrected chi connectivity index (χ4v) is 2.50. The first kappa shape index (κ1) is 14.4. The molecule has 0 aliphatic rings. The van der Waals surface area contributed by atoms with E-state index < -0.39 is 0 Å². The molecule has 2 rings (SSSR count). The standard InChI is InChI=1S/C17H21NO2/c1-4-11-17(2,3)18-16(20)14-10-9-12-7-5-6-8-13(12)15(14)19/h5-10,19H,4,11H2,1-3H3,(H,18,20). The summed E-state index contributed by atoms with van der Waals surface area (Å²) in [6.07, 6.45) is 1.89. The Morgan fingerprint density at radius 3 is 2.60 bits per heavy atom. The lowest BCUT2D eigenvalue weighted by atomic mass is 9.97. The largest absolute Gasteiger partial charge is 0.506 e. The Bertz CT molecular complexity index is 632. The van der Waals surface area contributed by atoms with Crippen molar-refractivity contribution >= 4 is 16.7 Å². The third-order valence-corrected chi connectivity index (χ3v) is 3.47. The van der Waals surface area contributed by atoms with Crippen LogP contribution in [0, 0.1) is 0 Å². The molecule has 1 amide bonds. The maximum Gasteiger partial charge on any atom is 0.255 e. The number of rotatable bonds is 4. The topological polar surface area (TPSA) is 49.3 Å². The molecule has 0 aliphatic carbocycles. The Hall–Kier alpha value is -2.03. The van der Waals surface area contributed by atoms with Crippen LogP contribution < -0.4 is 5.32 Å². The van der Waals surface area contributed by atoms with Gasteiger partial charge in [0.25, 0.3) is 5.91 Å². The number of nitrogens with one attached hydrogen (secondary N) is 1. The van der Waals surface area contributed by atoms with Crippen molar-refractivity contribution in [2.75, 3.05) is 0 Å². The number of carbonyl (C=O) groups excluding carboxylic acids is 1. The smallest absolute Gasteiger partial charge is 0.255 e. The molecule has 106 valence electrons. The van der Waals surface area contributed by atoms with Gasteiger partial charge < -0.3 is 10.4 Å². The van der Waals surface area contributed by atoms with Gasteiger partial charge in [0.1, 0.15) is 5.75 Å². The van der Waals surface area contributed by atoms with E-state index in [4.69, 9.17) is 0 Å². The van der Waals surface area contributed by atoms with E-state index in [1.807, 2.05) is 44.2 Å². The number of hydrogen-bond acceptors (Lipinski definition) is 2. The van der Waals surface area contributed by atoms with Gasteiger partial charge in [0, 0.05) is 10.9 Å². The molecule has 0 aromatic heterocycles. The number of phenolic OH excluding ortho intramolecular Hbond substituents is 1. The zero-order chi connectivity index (χ0) is 14.8. The Balaban J connectivity index is 2.33. The lowest BCUT2D eigenvalue weighted by Crippen LogP contribution is -2.43. The monoisotopic (exact) mass is 271 g/mol. The van der Waals surface area contributed by atoms with Gasteiger partial charge in [-0.1, -0.05) is 43.7 Å². The first-order chi connectivity index (χ1) is 9.44. The van der Waals surface area contributed by atoms with E-state index in [1.54, 1.807) is 6.07 Å². The second kappa shape index (κ2) is 5.53. The highest BCUT2D eigenvalue weighted by Gasteiger charge is 2.22. The molecule has 0 atom stereocenters. The Labute approximate surface area is 119 Å². The zero-order valence-corrected chi connectivity index (χ0v) is 12.2. The molecule has 0 fully saturated rings. The van der Waals surface area contributed by atoms with Crippen LogP contribution in [-0.2, 0) is 0 Å². The third kappa shape index (κ3) is 2.93. The van der Waals surface area contributed by atoms with Gasteiger partial charge in [-0.25, -0.2) is 0 Å². The van der Waals surface area contributed by atoms with E-state index in [9.17, 15) is 9.90 Å². The predicted octanol–water partition coefficient (Wildman–Crippen LogP) is 3.85. The van der Waals surface area contributed by atoms with E-state index in [2.05, 4.69) is 12.2 Å². The van der Waals surface area contributed by atoms with E-state index in [0.717, 1.165) is 18.2 Å². The van der Waals surface area contributed by atoms with Crippen LogP contribution in [0.5, 0.6) is 5.75 Å². The number of hydrogen-bond donors (Lipinski definition) is 2. The van der Waals surface area contributed by atoms with E-state index in [-0.39, 0.29) is 17.2 Å². The predicted molar refractivity (Wildman–Crippen MR) is 82.1 cm³/mol. The summed E-state index contributed by atoms with van der Waals surface area (Å²) in [7, 11) is 0. The quantitative estimate of drug-likeness (QED) is 0.887. The van der Waals surface area contributed by atoms with Crippen molar-refractivity contribution in [3.05, 3.63) is 42.0 Å². The van der Waals surface area contributed by atoms with Crippen molar-refractivity contribution in [3.8, 4) is 5.75 Å². The summed E-state index contributed by atoms with van der Waals surface area (Å²) in [6.45, 7) is 6.07. The van der Waals surface area contributed by atoms with E-state index >= 15 is 0 Å². The van der Waals surface area contributed by atoms with Gasteiger partial charge >= 0.3 is 0 Å².